The Balaban J connectivity index is 2.05. The van der Waals surface area contributed by atoms with Crippen molar-refractivity contribution in [2.45, 2.75) is 31.5 Å². The van der Waals surface area contributed by atoms with E-state index in [0.29, 0.717) is 28.2 Å². The molecule has 0 amide bonds. The fraction of sp³-hybridized carbons (Fsp3) is 0.333. The second-order valence-corrected chi connectivity index (χ2v) is 7.51. The molecule has 0 fully saturated rings. The predicted octanol–water partition coefficient (Wildman–Crippen LogP) is 2.54. The van der Waals surface area contributed by atoms with Crippen molar-refractivity contribution in [3.63, 3.8) is 0 Å². The number of rotatable bonds is 8. The van der Waals surface area contributed by atoms with Gasteiger partial charge in [-0.25, -0.2) is 4.98 Å². The van der Waals surface area contributed by atoms with Crippen molar-refractivity contribution < 1.29 is 23.6 Å². The zero-order valence-electron chi connectivity index (χ0n) is 16.4. The second-order valence-electron chi connectivity index (χ2n) is 6.17. The summed E-state index contributed by atoms with van der Waals surface area (Å²) in [5.41, 5.74) is 3.20. The van der Waals surface area contributed by atoms with Crippen molar-refractivity contribution in [2.24, 2.45) is 0 Å². The third-order valence-corrected chi connectivity index (χ3v) is 5.69. The van der Waals surface area contributed by atoms with Crippen LogP contribution in [0.2, 0.25) is 0 Å². The maximum Gasteiger partial charge on any atom is 0.296 e. The lowest BCUT2D eigenvalue weighted by atomic mass is 10.1. The number of hydrogen-bond acceptors (Lipinski definition) is 8. The van der Waals surface area contributed by atoms with Gasteiger partial charge in [0.15, 0.2) is 6.73 Å². The lowest BCUT2D eigenvalue weighted by Crippen LogP contribution is -2.13. The molecule has 3 rings (SSSR count). The highest BCUT2D eigenvalue weighted by atomic mass is 32.2. The minimum atomic E-state index is -1.66. The van der Waals surface area contributed by atoms with Gasteiger partial charge in [-0.2, -0.15) is 0 Å². The summed E-state index contributed by atoms with van der Waals surface area (Å²) in [5.74, 6) is 1.21. The molecule has 0 saturated carbocycles. The topological polar surface area (TPSA) is 119 Å². The summed E-state index contributed by atoms with van der Waals surface area (Å²) >= 11 is 0. The Kier molecular flexibility index (Phi) is 5.97. The zero-order valence-corrected chi connectivity index (χ0v) is 17.2. The number of fused-ring (bicyclic) bond motifs is 1. The zero-order chi connectivity index (χ0) is 21.1. The number of aromatic nitrogens is 3. The molecule has 0 saturated heterocycles. The van der Waals surface area contributed by atoms with E-state index in [1.807, 2.05) is 13.8 Å². The highest BCUT2D eigenvalue weighted by Crippen LogP contribution is 2.29. The van der Waals surface area contributed by atoms with Gasteiger partial charge >= 0.3 is 0 Å². The quantitative estimate of drug-likeness (QED) is 0.403. The smallest absolute Gasteiger partial charge is 0.296 e. The minimum Gasteiger partial charge on any atom is -0.496 e. The second kappa shape index (κ2) is 8.43. The Morgan fingerprint density at radius 2 is 2.00 bits per heavy atom. The molecule has 1 atom stereocenters. The SMILES string of the molecule is COc1c(C)cnc(CS(=O)c2nc3c(OC)cccc3n2CO[N+](=O)[O-])c1C. The van der Waals surface area contributed by atoms with Crippen molar-refractivity contribution in [1.82, 2.24) is 14.5 Å². The first-order valence-corrected chi connectivity index (χ1v) is 9.87. The van der Waals surface area contributed by atoms with Crippen LogP contribution in [-0.2, 0) is 28.1 Å². The minimum absolute atomic E-state index is 0.0621. The molecule has 29 heavy (non-hydrogen) atoms. The number of para-hydroxylation sites is 1. The number of ether oxygens (including phenoxy) is 2. The summed E-state index contributed by atoms with van der Waals surface area (Å²) < 4.78 is 25.3. The number of hydrogen-bond donors (Lipinski definition) is 0. The van der Waals surface area contributed by atoms with Crippen LogP contribution in [0.4, 0.5) is 0 Å². The van der Waals surface area contributed by atoms with Crippen LogP contribution in [0.25, 0.3) is 11.0 Å². The molecule has 154 valence electrons. The van der Waals surface area contributed by atoms with Crippen LogP contribution < -0.4 is 9.47 Å². The molecule has 0 aliphatic carbocycles. The number of pyridine rings is 1. The van der Waals surface area contributed by atoms with E-state index in [1.54, 1.807) is 31.5 Å². The largest absolute Gasteiger partial charge is 0.496 e. The highest BCUT2D eigenvalue weighted by Gasteiger charge is 2.21. The fourth-order valence-corrected chi connectivity index (χ4v) is 4.33. The van der Waals surface area contributed by atoms with Gasteiger partial charge in [-0.15, -0.1) is 10.1 Å². The number of methoxy groups -OCH3 is 2. The van der Waals surface area contributed by atoms with Crippen molar-refractivity contribution in [1.29, 1.82) is 0 Å². The van der Waals surface area contributed by atoms with E-state index in [9.17, 15) is 14.3 Å². The van der Waals surface area contributed by atoms with Crippen LogP contribution in [0.1, 0.15) is 16.8 Å². The Labute approximate surface area is 169 Å². The average molecular weight is 420 g/mol. The van der Waals surface area contributed by atoms with Crippen LogP contribution in [-0.4, -0.2) is 38.1 Å². The van der Waals surface area contributed by atoms with E-state index in [0.717, 1.165) is 11.1 Å². The van der Waals surface area contributed by atoms with Crippen molar-refractivity contribution in [3.8, 4) is 11.5 Å². The molecule has 0 N–H and O–H groups in total. The van der Waals surface area contributed by atoms with Gasteiger partial charge < -0.3 is 9.47 Å². The predicted molar refractivity (Wildman–Crippen MR) is 105 cm³/mol. The van der Waals surface area contributed by atoms with Crippen molar-refractivity contribution in [2.75, 3.05) is 14.2 Å². The average Bonchev–Trinajstić information content (AvgIpc) is 3.07. The van der Waals surface area contributed by atoms with Crippen LogP contribution in [0.15, 0.2) is 29.6 Å². The molecule has 0 spiro atoms. The molecule has 1 unspecified atom stereocenters. The molecule has 0 radical (unpaired) electrons. The molecule has 0 aliphatic rings. The first kappa shape index (κ1) is 20.5. The molecule has 10 nitrogen and oxygen atoms in total. The van der Waals surface area contributed by atoms with E-state index in [1.165, 1.54) is 11.7 Å². The van der Waals surface area contributed by atoms with Crippen LogP contribution >= 0.6 is 0 Å². The van der Waals surface area contributed by atoms with Gasteiger partial charge in [-0.05, 0) is 26.0 Å². The summed E-state index contributed by atoms with van der Waals surface area (Å²) in [5, 5.41) is 9.92. The number of benzene rings is 1. The molecular weight excluding hydrogens is 400 g/mol. The maximum absolute atomic E-state index is 13.2. The van der Waals surface area contributed by atoms with Gasteiger partial charge in [0.25, 0.3) is 5.09 Å². The number of nitrogens with zero attached hydrogens (tertiary/aromatic N) is 4. The van der Waals surface area contributed by atoms with Gasteiger partial charge in [0, 0.05) is 17.3 Å². The molecule has 1 aromatic carbocycles. The lowest BCUT2D eigenvalue weighted by molar-refractivity contribution is -0.767. The normalized spacial score (nSPS) is 12.0. The molecule has 2 heterocycles. The molecule has 0 aliphatic heterocycles. The Bertz CT molecular complexity index is 1100. The standard InChI is InChI=1S/C18H20N4O6S/c1-11-8-19-13(12(2)17(11)27-4)9-29(25)18-20-16-14(6-5-7-15(16)26-3)21(18)10-28-22(23)24/h5-8H,9-10H2,1-4H3. The molecule has 11 heteroatoms. The monoisotopic (exact) mass is 420 g/mol. The van der Waals surface area contributed by atoms with Crippen molar-refractivity contribution >= 4 is 21.8 Å². The van der Waals surface area contributed by atoms with E-state index in [2.05, 4.69) is 14.8 Å². The molecular formula is C18H20N4O6S. The first-order chi connectivity index (χ1) is 13.9. The van der Waals surface area contributed by atoms with Crippen LogP contribution in [0, 0.1) is 24.0 Å². The lowest BCUT2D eigenvalue weighted by Gasteiger charge is -2.12. The summed E-state index contributed by atoms with van der Waals surface area (Å²) in [6.45, 7) is 3.27. The third-order valence-electron chi connectivity index (χ3n) is 4.44. The van der Waals surface area contributed by atoms with Crippen LogP contribution in [0.3, 0.4) is 0 Å². The van der Waals surface area contributed by atoms with E-state index < -0.39 is 22.6 Å². The summed E-state index contributed by atoms with van der Waals surface area (Å²) in [4.78, 5) is 24.0. The van der Waals surface area contributed by atoms with Gasteiger partial charge in [0.1, 0.15) is 17.0 Å². The van der Waals surface area contributed by atoms with Crippen LogP contribution in [0.5, 0.6) is 11.5 Å². The first-order valence-electron chi connectivity index (χ1n) is 8.55. The number of aryl methyl sites for hydroxylation is 1. The highest BCUT2D eigenvalue weighted by molar-refractivity contribution is 7.84. The molecule has 2 aromatic heterocycles. The van der Waals surface area contributed by atoms with E-state index in [-0.39, 0.29) is 10.9 Å². The molecule has 0 bridgehead atoms. The fourth-order valence-electron chi connectivity index (χ4n) is 3.07. The Morgan fingerprint density at radius 3 is 2.66 bits per heavy atom. The number of imidazole rings is 1. The van der Waals surface area contributed by atoms with Gasteiger partial charge in [-0.1, -0.05) is 6.07 Å². The third kappa shape index (κ3) is 3.99. The van der Waals surface area contributed by atoms with Crippen molar-refractivity contribution in [3.05, 3.63) is 51.3 Å². The molecule has 3 aromatic rings. The Morgan fingerprint density at radius 1 is 1.24 bits per heavy atom. The van der Waals surface area contributed by atoms with Gasteiger partial charge in [0.05, 0.1) is 42.0 Å². The Hall–Kier alpha value is -3.21. The summed E-state index contributed by atoms with van der Waals surface area (Å²) in [6, 6.07) is 5.12. The summed E-state index contributed by atoms with van der Waals surface area (Å²) in [6.07, 6.45) is 1.65. The van der Waals surface area contributed by atoms with E-state index in [4.69, 9.17) is 9.47 Å². The van der Waals surface area contributed by atoms with Gasteiger partial charge in [-0.3, -0.25) is 18.6 Å². The maximum atomic E-state index is 13.2. The summed E-state index contributed by atoms with van der Waals surface area (Å²) in [7, 11) is 1.40. The van der Waals surface area contributed by atoms with E-state index >= 15 is 0 Å². The van der Waals surface area contributed by atoms with Gasteiger partial charge in [0.2, 0.25) is 5.16 Å².